The molecule has 2 aromatic carbocycles. The molecule has 1 aliphatic heterocycles. The average molecular weight is 356 g/mol. The van der Waals surface area contributed by atoms with Gasteiger partial charge in [-0.15, -0.1) is 0 Å². The number of ether oxygens (including phenoxy) is 1. The highest BCUT2D eigenvalue weighted by Crippen LogP contribution is 2.50. The quantitative estimate of drug-likeness (QED) is 0.566. The first-order chi connectivity index (χ1) is 12.0. The SMILES string of the molecule is C=C1Oc2cc(CCC)cc(OP(C)OCC)c2-c2cc(C)ccc21. The van der Waals surface area contributed by atoms with Crippen LogP contribution in [-0.4, -0.2) is 13.3 Å². The largest absolute Gasteiger partial charge is 0.457 e. The molecule has 0 N–H and O–H groups in total. The van der Waals surface area contributed by atoms with Gasteiger partial charge in [0, 0.05) is 17.8 Å². The minimum atomic E-state index is -0.980. The van der Waals surface area contributed by atoms with Crippen molar-refractivity contribution < 1.29 is 13.8 Å². The van der Waals surface area contributed by atoms with E-state index >= 15 is 0 Å². The van der Waals surface area contributed by atoms with Crippen LogP contribution in [0.4, 0.5) is 0 Å². The Kier molecular flexibility index (Phi) is 5.46. The summed E-state index contributed by atoms with van der Waals surface area (Å²) in [5.41, 5.74) is 5.54. The van der Waals surface area contributed by atoms with Crippen molar-refractivity contribution in [2.75, 3.05) is 13.3 Å². The molecule has 25 heavy (non-hydrogen) atoms. The van der Waals surface area contributed by atoms with Gasteiger partial charge in [0.15, 0.2) is 0 Å². The molecule has 0 bridgehead atoms. The summed E-state index contributed by atoms with van der Waals surface area (Å²) in [5, 5.41) is 0. The lowest BCUT2D eigenvalue weighted by atomic mass is 9.92. The summed E-state index contributed by atoms with van der Waals surface area (Å²) in [4.78, 5) is 0. The minimum Gasteiger partial charge on any atom is -0.457 e. The van der Waals surface area contributed by atoms with Crippen LogP contribution in [0.5, 0.6) is 11.5 Å². The number of rotatable bonds is 6. The van der Waals surface area contributed by atoms with Crippen LogP contribution in [0.2, 0.25) is 0 Å². The molecule has 0 saturated heterocycles. The Bertz CT molecular complexity index is 798. The molecule has 1 heterocycles. The summed E-state index contributed by atoms with van der Waals surface area (Å²) in [6.45, 7) is 13.0. The summed E-state index contributed by atoms with van der Waals surface area (Å²) in [5.74, 6) is 2.34. The van der Waals surface area contributed by atoms with E-state index in [-0.39, 0.29) is 0 Å². The maximum absolute atomic E-state index is 6.21. The Labute approximate surface area is 151 Å². The molecule has 0 spiro atoms. The van der Waals surface area contributed by atoms with Gasteiger partial charge in [-0.3, -0.25) is 0 Å². The van der Waals surface area contributed by atoms with Gasteiger partial charge in [0.2, 0.25) is 8.38 Å². The Morgan fingerprint density at radius 3 is 2.64 bits per heavy atom. The Hall–Kier alpha value is -1.83. The molecule has 0 fully saturated rings. The fraction of sp³-hybridized carbons (Fsp3) is 0.333. The van der Waals surface area contributed by atoms with Crippen LogP contribution in [0.1, 0.15) is 37.0 Å². The van der Waals surface area contributed by atoms with Crippen LogP contribution in [0.3, 0.4) is 0 Å². The zero-order valence-electron chi connectivity index (χ0n) is 15.4. The second-order valence-electron chi connectivity index (χ2n) is 6.24. The zero-order chi connectivity index (χ0) is 18.0. The summed E-state index contributed by atoms with van der Waals surface area (Å²) < 4.78 is 17.9. The van der Waals surface area contributed by atoms with E-state index in [4.69, 9.17) is 13.8 Å². The highest BCUT2D eigenvalue weighted by atomic mass is 31.2. The fourth-order valence-electron chi connectivity index (χ4n) is 3.14. The van der Waals surface area contributed by atoms with E-state index in [1.165, 1.54) is 11.1 Å². The molecular weight excluding hydrogens is 331 g/mol. The van der Waals surface area contributed by atoms with Gasteiger partial charge in [-0.25, -0.2) is 0 Å². The van der Waals surface area contributed by atoms with Gasteiger partial charge in [0.05, 0.1) is 12.2 Å². The van der Waals surface area contributed by atoms with Crippen molar-refractivity contribution in [1.29, 1.82) is 0 Å². The van der Waals surface area contributed by atoms with Crippen molar-refractivity contribution >= 4 is 14.1 Å². The van der Waals surface area contributed by atoms with Crippen LogP contribution in [0.25, 0.3) is 16.9 Å². The number of aryl methyl sites for hydroxylation is 2. The fourth-order valence-corrected chi connectivity index (χ4v) is 3.97. The van der Waals surface area contributed by atoms with Crippen molar-refractivity contribution in [1.82, 2.24) is 0 Å². The van der Waals surface area contributed by atoms with Crippen LogP contribution in [0.15, 0.2) is 36.9 Å². The average Bonchev–Trinajstić information content (AvgIpc) is 2.54. The lowest BCUT2D eigenvalue weighted by molar-refractivity contribution is 0.338. The maximum atomic E-state index is 6.21. The van der Waals surface area contributed by atoms with Crippen LogP contribution < -0.4 is 9.26 Å². The van der Waals surface area contributed by atoms with E-state index in [1.807, 2.05) is 13.6 Å². The van der Waals surface area contributed by atoms with Crippen LogP contribution in [-0.2, 0) is 10.9 Å². The summed E-state index contributed by atoms with van der Waals surface area (Å²) in [7, 11) is -0.980. The molecule has 0 amide bonds. The van der Waals surface area contributed by atoms with Gasteiger partial charge in [-0.05, 0) is 38.0 Å². The van der Waals surface area contributed by atoms with Gasteiger partial charge < -0.3 is 13.8 Å². The topological polar surface area (TPSA) is 27.7 Å². The number of hydrogen-bond donors (Lipinski definition) is 0. The van der Waals surface area contributed by atoms with Crippen LogP contribution >= 0.6 is 8.38 Å². The Balaban J connectivity index is 2.16. The molecule has 0 saturated carbocycles. The normalized spacial score (nSPS) is 13.7. The third-order valence-corrected chi connectivity index (χ3v) is 5.26. The van der Waals surface area contributed by atoms with Gasteiger partial charge in [-0.1, -0.05) is 43.7 Å². The van der Waals surface area contributed by atoms with Crippen molar-refractivity contribution in [3.63, 3.8) is 0 Å². The predicted octanol–water partition coefficient (Wildman–Crippen LogP) is 6.33. The van der Waals surface area contributed by atoms with Gasteiger partial charge in [-0.2, -0.15) is 0 Å². The molecule has 0 aromatic heterocycles. The Morgan fingerprint density at radius 1 is 1.12 bits per heavy atom. The number of benzene rings is 2. The first-order valence-electron chi connectivity index (χ1n) is 8.73. The highest BCUT2D eigenvalue weighted by Gasteiger charge is 2.26. The van der Waals surface area contributed by atoms with E-state index in [0.29, 0.717) is 12.4 Å². The van der Waals surface area contributed by atoms with Gasteiger partial charge in [0.25, 0.3) is 0 Å². The molecule has 4 heteroatoms. The lowest BCUT2D eigenvalue weighted by Crippen LogP contribution is -2.07. The number of hydrogen-bond acceptors (Lipinski definition) is 3. The van der Waals surface area contributed by atoms with Crippen LogP contribution in [0, 0.1) is 6.92 Å². The van der Waals surface area contributed by atoms with E-state index in [9.17, 15) is 0 Å². The van der Waals surface area contributed by atoms with E-state index in [2.05, 4.69) is 50.8 Å². The molecule has 3 nitrogen and oxygen atoms in total. The van der Waals surface area contributed by atoms with Crippen molar-refractivity contribution in [3.05, 3.63) is 53.6 Å². The smallest absolute Gasteiger partial charge is 0.226 e. The lowest BCUT2D eigenvalue weighted by Gasteiger charge is -2.26. The molecule has 1 unspecified atom stereocenters. The highest BCUT2D eigenvalue weighted by molar-refractivity contribution is 7.46. The molecule has 132 valence electrons. The zero-order valence-corrected chi connectivity index (χ0v) is 16.3. The Morgan fingerprint density at radius 2 is 1.92 bits per heavy atom. The third kappa shape index (κ3) is 3.73. The van der Waals surface area contributed by atoms with Gasteiger partial charge >= 0.3 is 0 Å². The molecular formula is C21H25O3P. The molecule has 1 aliphatic rings. The standard InChI is InChI=1S/C21H25O3P/c1-6-8-16-12-19-21(20(13-16)24-25(5)22-7-2)18-11-14(3)9-10-17(18)15(4)23-19/h9-13H,4,6-8H2,1-3,5H3. The molecule has 0 radical (unpaired) electrons. The van der Waals surface area contributed by atoms with E-state index < -0.39 is 8.38 Å². The molecule has 2 aromatic rings. The van der Waals surface area contributed by atoms with Crippen molar-refractivity contribution in [2.45, 2.75) is 33.6 Å². The van der Waals surface area contributed by atoms with E-state index in [0.717, 1.165) is 41.0 Å². The maximum Gasteiger partial charge on any atom is 0.226 e. The number of fused-ring (bicyclic) bond motifs is 3. The second kappa shape index (κ2) is 7.59. The van der Waals surface area contributed by atoms with Gasteiger partial charge in [0.1, 0.15) is 17.3 Å². The summed E-state index contributed by atoms with van der Waals surface area (Å²) in [6.07, 6.45) is 2.05. The molecule has 1 atom stereocenters. The van der Waals surface area contributed by atoms with E-state index in [1.54, 1.807) is 0 Å². The summed E-state index contributed by atoms with van der Waals surface area (Å²) >= 11 is 0. The molecule has 3 rings (SSSR count). The third-order valence-electron chi connectivity index (χ3n) is 4.18. The molecule has 0 aliphatic carbocycles. The van der Waals surface area contributed by atoms with Crippen molar-refractivity contribution in [2.24, 2.45) is 0 Å². The predicted molar refractivity (Wildman–Crippen MR) is 105 cm³/mol. The first kappa shape index (κ1) is 18.0. The second-order valence-corrected chi connectivity index (χ2v) is 7.56. The van der Waals surface area contributed by atoms with Crippen molar-refractivity contribution in [3.8, 4) is 22.6 Å². The first-order valence-corrected chi connectivity index (χ1v) is 10.4. The monoisotopic (exact) mass is 356 g/mol. The summed E-state index contributed by atoms with van der Waals surface area (Å²) in [6, 6.07) is 10.6. The minimum absolute atomic E-state index is 0.641.